The summed E-state index contributed by atoms with van der Waals surface area (Å²) in [6.45, 7) is 0. The lowest BCUT2D eigenvalue weighted by Gasteiger charge is -2.14. The Morgan fingerprint density at radius 1 is 1.35 bits per heavy atom. The molecule has 1 aliphatic carbocycles. The van der Waals surface area contributed by atoms with E-state index in [1.165, 1.54) is 0 Å². The summed E-state index contributed by atoms with van der Waals surface area (Å²) in [5, 5.41) is 0. The third kappa shape index (κ3) is 2.59. The summed E-state index contributed by atoms with van der Waals surface area (Å²) in [6, 6.07) is 2.30. The largest absolute Gasteiger partial charge is 0.244 e. The van der Waals surface area contributed by atoms with Gasteiger partial charge in [-0.25, -0.2) is 21.9 Å². The number of benzene rings is 1. The smallest absolute Gasteiger partial charge is 0.207 e. The highest BCUT2D eigenvalue weighted by atomic mass is 35.5. The number of halogens is 3. The van der Waals surface area contributed by atoms with E-state index in [-0.39, 0.29) is 5.88 Å². The van der Waals surface area contributed by atoms with Crippen molar-refractivity contribution in [2.75, 3.05) is 5.88 Å². The van der Waals surface area contributed by atoms with Gasteiger partial charge in [0, 0.05) is 11.4 Å². The average molecular weight is 282 g/mol. The molecular weight excluding hydrogens is 272 g/mol. The molecule has 0 unspecified atom stereocenters. The van der Waals surface area contributed by atoms with Gasteiger partial charge in [0.1, 0.15) is 16.5 Å². The Bertz CT molecular complexity index is 543. The number of rotatable bonds is 4. The molecule has 1 aromatic rings. The molecule has 0 bridgehead atoms. The van der Waals surface area contributed by atoms with Gasteiger partial charge < -0.3 is 0 Å². The molecule has 0 radical (unpaired) electrons. The lowest BCUT2D eigenvalue weighted by atomic mass is 10.3. The van der Waals surface area contributed by atoms with Gasteiger partial charge in [-0.05, 0) is 31.0 Å². The van der Waals surface area contributed by atoms with Crippen molar-refractivity contribution in [1.29, 1.82) is 0 Å². The second kappa shape index (κ2) is 4.19. The minimum absolute atomic E-state index is 0.114. The number of alkyl halides is 1. The number of hydrogen-bond acceptors (Lipinski definition) is 2. The van der Waals surface area contributed by atoms with Crippen LogP contribution in [0.1, 0.15) is 12.8 Å². The molecule has 1 fully saturated rings. The summed E-state index contributed by atoms with van der Waals surface area (Å²) < 4.78 is 52.3. The Hall–Kier alpha value is -0.720. The van der Waals surface area contributed by atoms with Gasteiger partial charge in [-0.3, -0.25) is 0 Å². The molecule has 0 aromatic heterocycles. The topological polar surface area (TPSA) is 46.2 Å². The van der Waals surface area contributed by atoms with Crippen LogP contribution in [-0.2, 0) is 10.0 Å². The van der Waals surface area contributed by atoms with Crippen LogP contribution in [0.5, 0.6) is 0 Å². The summed E-state index contributed by atoms with van der Waals surface area (Å²) >= 11 is 5.63. The zero-order chi connectivity index (χ0) is 12.7. The minimum Gasteiger partial charge on any atom is -0.207 e. The minimum atomic E-state index is -4.07. The van der Waals surface area contributed by atoms with Crippen molar-refractivity contribution in [3.8, 4) is 0 Å². The first kappa shape index (κ1) is 12.7. The van der Waals surface area contributed by atoms with Crippen LogP contribution in [0.3, 0.4) is 0 Å². The first-order chi connectivity index (χ1) is 7.88. The quantitative estimate of drug-likeness (QED) is 0.858. The van der Waals surface area contributed by atoms with Crippen LogP contribution < -0.4 is 4.72 Å². The predicted octanol–water partition coefficient (Wildman–Crippen LogP) is 2.01. The van der Waals surface area contributed by atoms with Gasteiger partial charge in [0.2, 0.25) is 10.0 Å². The van der Waals surface area contributed by atoms with E-state index in [1.807, 2.05) is 0 Å². The standard InChI is InChI=1S/C10H10ClF2NO2S/c11-6-10(3-4-10)14-17(15,16)9-5-7(12)1-2-8(9)13/h1-2,5,14H,3-4,6H2. The third-order valence-electron chi connectivity index (χ3n) is 2.64. The molecule has 17 heavy (non-hydrogen) atoms. The van der Waals surface area contributed by atoms with Gasteiger partial charge in [-0.2, -0.15) is 0 Å². The maximum atomic E-state index is 13.3. The van der Waals surface area contributed by atoms with Gasteiger partial charge in [-0.15, -0.1) is 11.6 Å². The number of nitrogens with one attached hydrogen (secondary N) is 1. The van der Waals surface area contributed by atoms with E-state index in [2.05, 4.69) is 4.72 Å². The summed E-state index contributed by atoms with van der Waals surface area (Å²) in [7, 11) is -4.07. The Morgan fingerprint density at radius 2 is 2.00 bits per heavy atom. The normalized spacial score (nSPS) is 18.1. The van der Waals surface area contributed by atoms with Gasteiger partial charge >= 0.3 is 0 Å². The second-order valence-electron chi connectivity index (χ2n) is 4.09. The van der Waals surface area contributed by atoms with E-state index in [0.29, 0.717) is 18.9 Å². The van der Waals surface area contributed by atoms with Crippen molar-refractivity contribution in [3.05, 3.63) is 29.8 Å². The monoisotopic (exact) mass is 281 g/mol. The van der Waals surface area contributed by atoms with E-state index in [0.717, 1.165) is 12.1 Å². The van der Waals surface area contributed by atoms with Gasteiger partial charge in [0.25, 0.3) is 0 Å². The first-order valence-electron chi connectivity index (χ1n) is 4.94. The Balaban J connectivity index is 2.35. The van der Waals surface area contributed by atoms with Crippen molar-refractivity contribution < 1.29 is 17.2 Å². The SMILES string of the molecule is O=S(=O)(NC1(CCl)CC1)c1cc(F)ccc1F. The molecule has 0 heterocycles. The van der Waals surface area contributed by atoms with E-state index < -0.39 is 32.1 Å². The second-order valence-corrected chi connectivity index (χ2v) is 6.01. The van der Waals surface area contributed by atoms with Crippen molar-refractivity contribution in [3.63, 3.8) is 0 Å². The highest BCUT2D eigenvalue weighted by Crippen LogP contribution is 2.38. The molecule has 0 atom stereocenters. The number of hydrogen-bond donors (Lipinski definition) is 1. The molecule has 2 rings (SSSR count). The third-order valence-corrected chi connectivity index (χ3v) is 4.75. The van der Waals surface area contributed by atoms with Crippen molar-refractivity contribution in [1.82, 2.24) is 4.72 Å². The molecule has 0 saturated heterocycles. The van der Waals surface area contributed by atoms with Crippen LogP contribution in [0, 0.1) is 11.6 Å². The maximum Gasteiger partial charge on any atom is 0.244 e. The molecule has 0 aliphatic heterocycles. The molecule has 7 heteroatoms. The molecule has 1 saturated carbocycles. The summed E-state index contributed by atoms with van der Waals surface area (Å²) in [5.74, 6) is -1.67. The van der Waals surface area contributed by atoms with Gasteiger partial charge in [0.15, 0.2) is 0 Å². The fourth-order valence-corrected chi connectivity index (χ4v) is 3.40. The number of sulfonamides is 1. The van der Waals surface area contributed by atoms with Crippen molar-refractivity contribution >= 4 is 21.6 Å². The molecule has 0 amide bonds. The lowest BCUT2D eigenvalue weighted by Crippen LogP contribution is -2.38. The molecule has 1 N–H and O–H groups in total. The summed E-state index contributed by atoms with van der Waals surface area (Å²) in [4.78, 5) is -0.686. The van der Waals surface area contributed by atoms with Gasteiger partial charge in [0.05, 0.1) is 0 Å². The van der Waals surface area contributed by atoms with Crippen molar-refractivity contribution in [2.45, 2.75) is 23.3 Å². The predicted molar refractivity (Wildman–Crippen MR) is 59.4 cm³/mol. The van der Waals surface area contributed by atoms with E-state index in [4.69, 9.17) is 11.6 Å². The van der Waals surface area contributed by atoms with E-state index >= 15 is 0 Å². The van der Waals surface area contributed by atoms with Crippen LogP contribution in [0.2, 0.25) is 0 Å². The maximum absolute atomic E-state index is 13.3. The zero-order valence-corrected chi connectivity index (χ0v) is 10.3. The molecule has 94 valence electrons. The van der Waals surface area contributed by atoms with Crippen molar-refractivity contribution in [2.24, 2.45) is 0 Å². The van der Waals surface area contributed by atoms with Crippen LogP contribution >= 0.6 is 11.6 Å². The fraction of sp³-hybridized carbons (Fsp3) is 0.400. The highest BCUT2D eigenvalue weighted by Gasteiger charge is 2.45. The summed E-state index contributed by atoms with van der Waals surface area (Å²) in [6.07, 6.45) is 1.21. The lowest BCUT2D eigenvalue weighted by molar-refractivity contribution is 0.534. The van der Waals surface area contributed by atoms with Gasteiger partial charge in [-0.1, -0.05) is 0 Å². The van der Waals surface area contributed by atoms with Crippen LogP contribution in [0.25, 0.3) is 0 Å². The molecule has 1 aromatic carbocycles. The van der Waals surface area contributed by atoms with E-state index in [9.17, 15) is 17.2 Å². The average Bonchev–Trinajstić information content (AvgIpc) is 3.01. The van der Waals surface area contributed by atoms with Crippen LogP contribution in [0.15, 0.2) is 23.1 Å². The molecule has 1 aliphatic rings. The Morgan fingerprint density at radius 3 is 2.53 bits per heavy atom. The first-order valence-corrected chi connectivity index (χ1v) is 6.95. The van der Waals surface area contributed by atoms with Crippen LogP contribution in [-0.4, -0.2) is 19.8 Å². The fourth-order valence-electron chi connectivity index (χ4n) is 1.44. The van der Waals surface area contributed by atoms with Crippen LogP contribution in [0.4, 0.5) is 8.78 Å². The Labute approximate surface area is 103 Å². The van der Waals surface area contributed by atoms with E-state index in [1.54, 1.807) is 0 Å². The molecule has 3 nitrogen and oxygen atoms in total. The zero-order valence-electron chi connectivity index (χ0n) is 8.71. The Kier molecular flexibility index (Phi) is 3.14. The molecular formula is C10H10ClF2NO2S. The highest BCUT2D eigenvalue weighted by molar-refractivity contribution is 7.89. The molecule has 0 spiro atoms. The summed E-state index contributed by atoms with van der Waals surface area (Å²) in [5.41, 5.74) is -0.695.